The molecule has 0 spiro atoms. The lowest BCUT2D eigenvalue weighted by molar-refractivity contribution is -0.142. The van der Waals surface area contributed by atoms with Gasteiger partial charge >= 0.3 is 5.97 Å². The molecular formula is C7H14NO2. The topological polar surface area (TPSA) is 38.3 Å². The Labute approximate surface area is 61.8 Å². The van der Waals surface area contributed by atoms with Crippen molar-refractivity contribution in [3.8, 4) is 0 Å². The van der Waals surface area contributed by atoms with E-state index in [4.69, 9.17) is 0 Å². The van der Waals surface area contributed by atoms with Crippen molar-refractivity contribution >= 4 is 5.97 Å². The van der Waals surface area contributed by atoms with Crippen LogP contribution >= 0.6 is 0 Å². The van der Waals surface area contributed by atoms with Crippen LogP contribution in [0.3, 0.4) is 0 Å². The Morgan fingerprint density at radius 3 is 2.90 bits per heavy atom. The molecule has 0 amide bonds. The van der Waals surface area contributed by atoms with Gasteiger partial charge in [-0.15, -0.1) is 0 Å². The third-order valence-corrected chi connectivity index (χ3v) is 0.988. The number of rotatable bonds is 5. The van der Waals surface area contributed by atoms with Crippen molar-refractivity contribution in [3.05, 3.63) is 6.92 Å². The average Bonchev–Trinajstić information content (AvgIpc) is 1.89. The van der Waals surface area contributed by atoms with Gasteiger partial charge in [0.1, 0.15) is 0 Å². The standard InChI is InChI=1S/C7H14NO2/c1-3-8-6-5-7(9)10-4-2/h8H,1,3-6H2,2H3. The van der Waals surface area contributed by atoms with Crippen LogP contribution in [0.2, 0.25) is 0 Å². The molecule has 0 unspecified atom stereocenters. The molecule has 0 aromatic rings. The molecular weight excluding hydrogens is 130 g/mol. The second kappa shape index (κ2) is 6.55. The molecule has 1 N–H and O–H groups in total. The molecule has 3 nitrogen and oxygen atoms in total. The Hall–Kier alpha value is -0.570. The molecule has 0 aliphatic rings. The van der Waals surface area contributed by atoms with E-state index in [2.05, 4.69) is 17.0 Å². The third-order valence-electron chi connectivity index (χ3n) is 0.988. The van der Waals surface area contributed by atoms with Gasteiger partial charge in [0.2, 0.25) is 0 Å². The molecule has 0 aromatic heterocycles. The van der Waals surface area contributed by atoms with Crippen molar-refractivity contribution in [2.75, 3.05) is 19.7 Å². The quantitative estimate of drug-likeness (QED) is 0.447. The van der Waals surface area contributed by atoms with Crippen LogP contribution in [0, 0.1) is 6.92 Å². The van der Waals surface area contributed by atoms with Crippen LogP contribution in [0.15, 0.2) is 0 Å². The maximum Gasteiger partial charge on any atom is 0.307 e. The van der Waals surface area contributed by atoms with Crippen LogP contribution in [-0.2, 0) is 9.53 Å². The molecule has 10 heavy (non-hydrogen) atoms. The maximum atomic E-state index is 10.6. The lowest BCUT2D eigenvalue weighted by atomic mass is 10.4. The number of hydrogen-bond donors (Lipinski definition) is 1. The van der Waals surface area contributed by atoms with Gasteiger partial charge in [0.15, 0.2) is 0 Å². The summed E-state index contributed by atoms with van der Waals surface area (Å²) in [6.45, 7) is 7.13. The summed E-state index contributed by atoms with van der Waals surface area (Å²) in [5.41, 5.74) is 0. The molecule has 59 valence electrons. The molecule has 0 aliphatic carbocycles. The monoisotopic (exact) mass is 144 g/mol. The van der Waals surface area contributed by atoms with Crippen molar-refractivity contribution in [3.63, 3.8) is 0 Å². The van der Waals surface area contributed by atoms with E-state index in [1.165, 1.54) is 0 Å². The van der Waals surface area contributed by atoms with E-state index >= 15 is 0 Å². The second-order valence-electron chi connectivity index (χ2n) is 1.81. The van der Waals surface area contributed by atoms with Gasteiger partial charge in [-0.05, 0) is 20.4 Å². The van der Waals surface area contributed by atoms with Gasteiger partial charge in [-0.3, -0.25) is 4.79 Å². The highest BCUT2D eigenvalue weighted by Crippen LogP contribution is 1.82. The van der Waals surface area contributed by atoms with Crippen molar-refractivity contribution in [2.24, 2.45) is 0 Å². The van der Waals surface area contributed by atoms with E-state index in [-0.39, 0.29) is 5.97 Å². The average molecular weight is 144 g/mol. The molecule has 0 fully saturated rings. The van der Waals surface area contributed by atoms with Crippen LogP contribution in [0.4, 0.5) is 0 Å². The summed E-state index contributed by atoms with van der Waals surface area (Å²) in [7, 11) is 0. The molecule has 0 aliphatic heterocycles. The number of carbonyl (C=O) groups excluding carboxylic acids is 1. The zero-order valence-corrected chi connectivity index (χ0v) is 6.35. The minimum atomic E-state index is -0.150. The van der Waals surface area contributed by atoms with E-state index in [9.17, 15) is 4.79 Å². The summed E-state index contributed by atoms with van der Waals surface area (Å²) < 4.78 is 4.69. The van der Waals surface area contributed by atoms with Crippen LogP contribution in [-0.4, -0.2) is 25.7 Å². The van der Waals surface area contributed by atoms with Gasteiger partial charge < -0.3 is 10.1 Å². The van der Waals surface area contributed by atoms with E-state index in [0.29, 0.717) is 26.1 Å². The molecule has 0 heterocycles. The number of esters is 1. The van der Waals surface area contributed by atoms with Crippen LogP contribution < -0.4 is 5.32 Å². The highest BCUT2D eigenvalue weighted by molar-refractivity contribution is 5.69. The van der Waals surface area contributed by atoms with Crippen molar-refractivity contribution in [1.29, 1.82) is 0 Å². The second-order valence-corrected chi connectivity index (χ2v) is 1.81. The number of ether oxygens (including phenoxy) is 1. The molecule has 0 atom stereocenters. The third kappa shape index (κ3) is 5.56. The van der Waals surface area contributed by atoms with Gasteiger partial charge in [0.25, 0.3) is 0 Å². The van der Waals surface area contributed by atoms with Gasteiger partial charge in [-0.2, -0.15) is 0 Å². The van der Waals surface area contributed by atoms with E-state index in [1.54, 1.807) is 6.92 Å². The van der Waals surface area contributed by atoms with Crippen molar-refractivity contribution in [1.82, 2.24) is 5.32 Å². The highest BCUT2D eigenvalue weighted by atomic mass is 16.5. The highest BCUT2D eigenvalue weighted by Gasteiger charge is 1.98. The summed E-state index contributed by atoms with van der Waals surface area (Å²) in [5, 5.41) is 2.93. The molecule has 1 radical (unpaired) electrons. The van der Waals surface area contributed by atoms with E-state index in [1.807, 2.05) is 0 Å². The number of carbonyl (C=O) groups is 1. The van der Waals surface area contributed by atoms with Gasteiger partial charge in [0, 0.05) is 6.54 Å². The Bertz CT molecular complexity index is 93.6. The minimum absolute atomic E-state index is 0.150. The maximum absolute atomic E-state index is 10.6. The predicted molar refractivity (Wildman–Crippen MR) is 39.5 cm³/mol. The van der Waals surface area contributed by atoms with Crippen molar-refractivity contribution in [2.45, 2.75) is 13.3 Å². The fourth-order valence-electron chi connectivity index (χ4n) is 0.549. The summed E-state index contributed by atoms with van der Waals surface area (Å²) in [5.74, 6) is -0.150. The molecule has 0 saturated carbocycles. The van der Waals surface area contributed by atoms with E-state index < -0.39 is 0 Å². The Balaban J connectivity index is 3.05. The fraction of sp³-hybridized carbons (Fsp3) is 0.714. The normalized spacial score (nSPS) is 9.40. The predicted octanol–water partition coefficient (Wildman–Crippen LogP) is 0.363. The Morgan fingerprint density at radius 2 is 2.40 bits per heavy atom. The summed E-state index contributed by atoms with van der Waals surface area (Å²) in [6, 6.07) is 0. The minimum Gasteiger partial charge on any atom is -0.466 e. The lowest BCUT2D eigenvalue weighted by Gasteiger charge is -2.00. The van der Waals surface area contributed by atoms with Crippen LogP contribution in [0.1, 0.15) is 13.3 Å². The zero-order chi connectivity index (χ0) is 7.82. The fourth-order valence-corrected chi connectivity index (χ4v) is 0.549. The Kier molecular flexibility index (Phi) is 6.18. The van der Waals surface area contributed by atoms with E-state index in [0.717, 1.165) is 0 Å². The first kappa shape index (κ1) is 9.43. The van der Waals surface area contributed by atoms with Gasteiger partial charge in [-0.1, -0.05) is 0 Å². The van der Waals surface area contributed by atoms with Crippen LogP contribution in [0.5, 0.6) is 0 Å². The molecule has 0 rings (SSSR count). The zero-order valence-electron chi connectivity index (χ0n) is 6.35. The first-order chi connectivity index (χ1) is 4.81. The Morgan fingerprint density at radius 1 is 1.70 bits per heavy atom. The summed E-state index contributed by atoms with van der Waals surface area (Å²) in [6.07, 6.45) is 0.434. The first-order valence-electron chi connectivity index (χ1n) is 3.46. The molecule has 0 bridgehead atoms. The molecule has 3 heteroatoms. The van der Waals surface area contributed by atoms with Gasteiger partial charge in [0.05, 0.1) is 13.0 Å². The SMILES string of the molecule is [CH2]CNCCC(=O)OCC. The number of nitrogens with one attached hydrogen (secondary N) is 1. The van der Waals surface area contributed by atoms with Gasteiger partial charge in [-0.25, -0.2) is 0 Å². The largest absolute Gasteiger partial charge is 0.466 e. The summed E-state index contributed by atoms with van der Waals surface area (Å²) in [4.78, 5) is 10.6. The molecule has 0 saturated heterocycles. The number of hydrogen-bond acceptors (Lipinski definition) is 3. The summed E-state index contributed by atoms with van der Waals surface area (Å²) >= 11 is 0. The van der Waals surface area contributed by atoms with Crippen molar-refractivity contribution < 1.29 is 9.53 Å². The lowest BCUT2D eigenvalue weighted by Crippen LogP contribution is -2.18. The van der Waals surface area contributed by atoms with Crippen LogP contribution in [0.25, 0.3) is 0 Å². The first-order valence-corrected chi connectivity index (χ1v) is 3.46. The molecule has 0 aromatic carbocycles. The smallest absolute Gasteiger partial charge is 0.307 e.